The van der Waals surface area contributed by atoms with Gasteiger partial charge in [-0.1, -0.05) is 24.6 Å². The normalized spacial score (nSPS) is 16.5. The van der Waals surface area contributed by atoms with Gasteiger partial charge in [-0.15, -0.1) is 0 Å². The zero-order chi connectivity index (χ0) is 21.8. The minimum atomic E-state index is -0.820. The van der Waals surface area contributed by atoms with Crippen LogP contribution in [0, 0.1) is 0 Å². The summed E-state index contributed by atoms with van der Waals surface area (Å²) >= 11 is 5.87. The van der Waals surface area contributed by atoms with E-state index in [1.54, 1.807) is 30.3 Å². The Morgan fingerprint density at radius 3 is 2.43 bits per heavy atom. The van der Waals surface area contributed by atoms with Crippen molar-refractivity contribution in [3.05, 3.63) is 58.6 Å². The van der Waals surface area contributed by atoms with Crippen LogP contribution in [0.3, 0.4) is 0 Å². The number of imide groups is 2. The highest BCUT2D eigenvalue weighted by Gasteiger charge is 2.36. The summed E-state index contributed by atoms with van der Waals surface area (Å²) < 4.78 is 11.2. The van der Waals surface area contributed by atoms with Crippen LogP contribution in [0.25, 0.3) is 6.08 Å². The van der Waals surface area contributed by atoms with Gasteiger partial charge in [-0.05, 0) is 61.4 Å². The zero-order valence-corrected chi connectivity index (χ0v) is 17.5. The SMILES string of the molecule is CC[C@@H](C)Oc1ccc(/C=C2\C(=O)NC(=O)N(c3ccc(Cl)cc3)C2=O)cc1OC. The van der Waals surface area contributed by atoms with E-state index in [4.69, 9.17) is 21.1 Å². The predicted molar refractivity (Wildman–Crippen MR) is 114 cm³/mol. The summed E-state index contributed by atoms with van der Waals surface area (Å²) in [5.74, 6) is -0.468. The number of rotatable bonds is 6. The van der Waals surface area contributed by atoms with Crippen LogP contribution in [0.1, 0.15) is 25.8 Å². The fourth-order valence-electron chi connectivity index (χ4n) is 2.82. The average molecular weight is 429 g/mol. The maximum absolute atomic E-state index is 12.9. The van der Waals surface area contributed by atoms with Crippen LogP contribution in [0.5, 0.6) is 11.5 Å². The number of barbiturate groups is 1. The Hall–Kier alpha value is -3.32. The molecule has 1 heterocycles. The van der Waals surface area contributed by atoms with E-state index in [1.165, 1.54) is 25.3 Å². The number of carbonyl (C=O) groups excluding carboxylic acids is 3. The highest BCUT2D eigenvalue weighted by molar-refractivity contribution is 6.39. The van der Waals surface area contributed by atoms with Gasteiger partial charge in [0.05, 0.1) is 18.9 Å². The van der Waals surface area contributed by atoms with E-state index in [0.29, 0.717) is 27.8 Å². The second kappa shape index (κ2) is 9.00. The lowest BCUT2D eigenvalue weighted by Gasteiger charge is -2.26. The van der Waals surface area contributed by atoms with E-state index < -0.39 is 17.8 Å². The number of ether oxygens (including phenoxy) is 2. The van der Waals surface area contributed by atoms with Crippen molar-refractivity contribution in [1.82, 2.24) is 5.32 Å². The molecule has 3 rings (SSSR count). The van der Waals surface area contributed by atoms with Gasteiger partial charge in [-0.2, -0.15) is 0 Å². The molecule has 2 aromatic rings. The summed E-state index contributed by atoms with van der Waals surface area (Å²) in [4.78, 5) is 38.4. The standard InChI is InChI=1S/C22H21ClN2O5/c1-4-13(2)30-18-10-5-14(12-19(18)29-3)11-17-20(26)24-22(28)25(21(17)27)16-8-6-15(23)7-9-16/h5-13H,4H2,1-3H3,(H,24,26,28)/b17-11+/t13-/m1/s1. The van der Waals surface area contributed by atoms with Crippen LogP contribution in [-0.2, 0) is 9.59 Å². The molecule has 1 N–H and O–H groups in total. The summed E-state index contributed by atoms with van der Waals surface area (Å²) in [5, 5.41) is 2.65. The van der Waals surface area contributed by atoms with Crippen LogP contribution in [0.4, 0.5) is 10.5 Å². The van der Waals surface area contributed by atoms with Gasteiger partial charge in [-0.3, -0.25) is 14.9 Å². The van der Waals surface area contributed by atoms with E-state index in [-0.39, 0.29) is 11.7 Å². The lowest BCUT2D eigenvalue weighted by Crippen LogP contribution is -2.54. The number of amides is 4. The molecule has 0 spiro atoms. The largest absolute Gasteiger partial charge is 0.493 e. The number of methoxy groups -OCH3 is 1. The monoisotopic (exact) mass is 428 g/mol. The van der Waals surface area contributed by atoms with Crippen molar-refractivity contribution >= 4 is 41.2 Å². The van der Waals surface area contributed by atoms with Crippen LogP contribution in [-0.4, -0.2) is 31.1 Å². The highest BCUT2D eigenvalue weighted by Crippen LogP contribution is 2.31. The Labute approximate surface area is 179 Å². The molecule has 2 aromatic carbocycles. The number of nitrogens with zero attached hydrogens (tertiary/aromatic N) is 1. The third-order valence-corrected chi connectivity index (χ3v) is 4.84. The Balaban J connectivity index is 1.95. The van der Waals surface area contributed by atoms with Gasteiger partial charge in [-0.25, -0.2) is 9.69 Å². The van der Waals surface area contributed by atoms with Crippen LogP contribution >= 0.6 is 11.6 Å². The molecule has 0 bridgehead atoms. The maximum atomic E-state index is 12.9. The summed E-state index contributed by atoms with van der Waals surface area (Å²) in [6, 6.07) is 10.4. The first-order valence-corrected chi connectivity index (χ1v) is 9.73. The molecule has 0 unspecified atom stereocenters. The van der Waals surface area contributed by atoms with Gasteiger partial charge in [0.1, 0.15) is 5.57 Å². The first-order valence-electron chi connectivity index (χ1n) is 9.35. The van der Waals surface area contributed by atoms with Gasteiger partial charge in [0.25, 0.3) is 11.8 Å². The molecule has 0 aliphatic carbocycles. The van der Waals surface area contributed by atoms with Crippen LogP contribution in [0.15, 0.2) is 48.0 Å². The molecule has 1 atom stereocenters. The lowest BCUT2D eigenvalue weighted by atomic mass is 10.1. The van der Waals surface area contributed by atoms with E-state index in [0.717, 1.165) is 11.3 Å². The van der Waals surface area contributed by atoms with Crippen molar-refractivity contribution in [3.63, 3.8) is 0 Å². The number of hydrogen-bond donors (Lipinski definition) is 1. The van der Waals surface area contributed by atoms with Gasteiger partial charge in [0, 0.05) is 5.02 Å². The first-order chi connectivity index (χ1) is 14.3. The second-order valence-corrected chi connectivity index (χ2v) is 7.12. The number of urea groups is 1. The molecule has 0 radical (unpaired) electrons. The number of nitrogens with one attached hydrogen (secondary N) is 1. The lowest BCUT2D eigenvalue weighted by molar-refractivity contribution is -0.122. The number of hydrogen-bond acceptors (Lipinski definition) is 5. The van der Waals surface area contributed by atoms with Crippen molar-refractivity contribution in [1.29, 1.82) is 0 Å². The minimum Gasteiger partial charge on any atom is -0.493 e. The van der Waals surface area contributed by atoms with Gasteiger partial charge < -0.3 is 9.47 Å². The molecule has 8 heteroatoms. The van der Waals surface area contributed by atoms with Crippen molar-refractivity contribution < 1.29 is 23.9 Å². The number of carbonyl (C=O) groups is 3. The molecule has 0 saturated carbocycles. The maximum Gasteiger partial charge on any atom is 0.335 e. The van der Waals surface area contributed by atoms with Crippen LogP contribution in [0.2, 0.25) is 5.02 Å². The molecule has 1 saturated heterocycles. The average Bonchev–Trinajstić information content (AvgIpc) is 2.73. The molecule has 4 amide bonds. The fraction of sp³-hybridized carbons (Fsp3) is 0.227. The highest BCUT2D eigenvalue weighted by atomic mass is 35.5. The Kier molecular flexibility index (Phi) is 6.42. The summed E-state index contributed by atoms with van der Waals surface area (Å²) in [5.41, 5.74) is 0.671. The van der Waals surface area contributed by atoms with Crippen molar-refractivity contribution in [2.75, 3.05) is 12.0 Å². The number of halogens is 1. The summed E-state index contributed by atoms with van der Waals surface area (Å²) in [6.45, 7) is 3.96. The smallest absolute Gasteiger partial charge is 0.335 e. The van der Waals surface area contributed by atoms with Crippen LogP contribution < -0.4 is 19.7 Å². The third kappa shape index (κ3) is 4.46. The number of benzene rings is 2. The van der Waals surface area contributed by atoms with Gasteiger partial charge >= 0.3 is 6.03 Å². The molecule has 30 heavy (non-hydrogen) atoms. The van der Waals surface area contributed by atoms with E-state index in [2.05, 4.69) is 5.32 Å². The molecule has 0 aromatic heterocycles. The zero-order valence-electron chi connectivity index (χ0n) is 16.8. The van der Waals surface area contributed by atoms with E-state index >= 15 is 0 Å². The van der Waals surface area contributed by atoms with E-state index in [1.807, 2.05) is 13.8 Å². The molecule has 7 nitrogen and oxygen atoms in total. The Morgan fingerprint density at radius 1 is 1.10 bits per heavy atom. The van der Waals surface area contributed by atoms with Gasteiger partial charge in [0.15, 0.2) is 11.5 Å². The Bertz CT molecular complexity index is 1020. The molecule has 1 aliphatic rings. The molecular formula is C22H21ClN2O5. The fourth-order valence-corrected chi connectivity index (χ4v) is 2.95. The predicted octanol–water partition coefficient (Wildman–Crippen LogP) is 4.19. The molecule has 1 aliphatic heterocycles. The summed E-state index contributed by atoms with van der Waals surface area (Å²) in [6.07, 6.45) is 2.24. The van der Waals surface area contributed by atoms with Crippen molar-refractivity contribution in [2.45, 2.75) is 26.4 Å². The minimum absolute atomic E-state index is 0.00718. The van der Waals surface area contributed by atoms with E-state index in [9.17, 15) is 14.4 Å². The molecule has 156 valence electrons. The molecule has 1 fully saturated rings. The van der Waals surface area contributed by atoms with Gasteiger partial charge in [0.2, 0.25) is 0 Å². The van der Waals surface area contributed by atoms with Crippen molar-refractivity contribution in [2.24, 2.45) is 0 Å². The number of anilines is 1. The second-order valence-electron chi connectivity index (χ2n) is 6.68. The van der Waals surface area contributed by atoms with Crippen molar-refractivity contribution in [3.8, 4) is 11.5 Å². The summed E-state index contributed by atoms with van der Waals surface area (Å²) in [7, 11) is 1.51. The molecular weight excluding hydrogens is 408 g/mol. The quantitative estimate of drug-likeness (QED) is 0.550. The Morgan fingerprint density at radius 2 is 1.80 bits per heavy atom. The first kappa shape index (κ1) is 21.4. The third-order valence-electron chi connectivity index (χ3n) is 4.59. The topological polar surface area (TPSA) is 84.9 Å².